The monoisotopic (exact) mass is 419 g/mol. The van der Waals surface area contributed by atoms with E-state index in [-0.39, 0.29) is 17.1 Å². The Morgan fingerprint density at radius 3 is 2.28 bits per heavy atom. The van der Waals surface area contributed by atoms with Crippen LogP contribution < -0.4 is 25.6 Å². The summed E-state index contributed by atoms with van der Waals surface area (Å²) < 4.78 is 10.9. The summed E-state index contributed by atoms with van der Waals surface area (Å²) in [6, 6.07) is 11.2. The molecule has 0 fully saturated rings. The highest BCUT2D eigenvalue weighted by Gasteiger charge is 2.14. The van der Waals surface area contributed by atoms with Crippen molar-refractivity contribution in [3.05, 3.63) is 58.6 Å². The van der Waals surface area contributed by atoms with E-state index in [1.165, 1.54) is 6.07 Å². The molecule has 0 atom stereocenters. The second kappa shape index (κ2) is 10.9. The first-order valence-corrected chi connectivity index (χ1v) is 9.35. The van der Waals surface area contributed by atoms with Crippen LogP contribution in [0.2, 0.25) is 5.02 Å². The molecule has 3 amide bonds. The quantitative estimate of drug-likeness (QED) is 0.569. The minimum atomic E-state index is -0.602. The maximum absolute atomic E-state index is 12.3. The Bertz CT molecular complexity index is 888. The number of nitrogens with one attached hydrogen (secondary N) is 3. The van der Waals surface area contributed by atoms with Gasteiger partial charge in [-0.3, -0.25) is 25.2 Å². The van der Waals surface area contributed by atoms with Crippen molar-refractivity contribution in [2.45, 2.75) is 13.8 Å². The summed E-state index contributed by atoms with van der Waals surface area (Å²) in [5.41, 5.74) is 4.98. The molecule has 0 aliphatic heterocycles. The van der Waals surface area contributed by atoms with Gasteiger partial charge >= 0.3 is 0 Å². The maximum atomic E-state index is 12.3. The Balaban J connectivity index is 1.88. The van der Waals surface area contributed by atoms with Gasteiger partial charge in [-0.15, -0.1) is 0 Å². The average molecular weight is 420 g/mol. The van der Waals surface area contributed by atoms with Gasteiger partial charge in [0, 0.05) is 5.56 Å². The van der Waals surface area contributed by atoms with E-state index in [1.54, 1.807) is 36.4 Å². The minimum Gasteiger partial charge on any atom is -0.490 e. The van der Waals surface area contributed by atoms with E-state index in [0.29, 0.717) is 30.3 Å². The Hall–Kier alpha value is -3.26. The molecule has 0 spiro atoms. The van der Waals surface area contributed by atoms with E-state index in [9.17, 15) is 14.4 Å². The topological polar surface area (TPSA) is 106 Å². The summed E-state index contributed by atoms with van der Waals surface area (Å²) in [5.74, 6) is -0.663. The predicted octanol–water partition coefficient (Wildman–Crippen LogP) is 2.33. The Morgan fingerprint density at radius 1 is 0.897 bits per heavy atom. The first-order chi connectivity index (χ1) is 14.0. The van der Waals surface area contributed by atoms with Crippen LogP contribution in [0.3, 0.4) is 0 Å². The van der Waals surface area contributed by atoms with Crippen LogP contribution in [0.15, 0.2) is 42.5 Å². The molecule has 0 radical (unpaired) electrons. The summed E-state index contributed by atoms with van der Waals surface area (Å²) in [7, 11) is 0. The number of hydrazine groups is 1. The largest absolute Gasteiger partial charge is 0.490 e. The van der Waals surface area contributed by atoms with Crippen molar-refractivity contribution in [2.75, 3.05) is 19.8 Å². The highest BCUT2D eigenvalue weighted by molar-refractivity contribution is 6.33. The number of ether oxygens (including phenoxy) is 2. The molecule has 2 rings (SSSR count). The van der Waals surface area contributed by atoms with E-state index in [1.807, 2.05) is 13.8 Å². The molecule has 29 heavy (non-hydrogen) atoms. The highest BCUT2D eigenvalue weighted by Crippen LogP contribution is 2.28. The lowest BCUT2D eigenvalue weighted by Gasteiger charge is -2.12. The third-order valence-electron chi connectivity index (χ3n) is 3.65. The fourth-order valence-electron chi connectivity index (χ4n) is 2.34. The number of benzene rings is 2. The summed E-state index contributed by atoms with van der Waals surface area (Å²) >= 11 is 5.92. The number of hydrogen-bond donors (Lipinski definition) is 3. The number of carbonyl (C=O) groups is 3. The van der Waals surface area contributed by atoms with Gasteiger partial charge in [0.25, 0.3) is 17.7 Å². The molecule has 0 saturated carbocycles. The normalized spacial score (nSPS) is 10.0. The van der Waals surface area contributed by atoms with Crippen LogP contribution in [0.5, 0.6) is 11.5 Å². The zero-order chi connectivity index (χ0) is 21.2. The molecule has 8 nitrogen and oxygen atoms in total. The Morgan fingerprint density at radius 2 is 1.59 bits per heavy atom. The van der Waals surface area contributed by atoms with Gasteiger partial charge in [0.05, 0.1) is 30.3 Å². The van der Waals surface area contributed by atoms with Crippen molar-refractivity contribution < 1.29 is 23.9 Å². The van der Waals surface area contributed by atoms with Gasteiger partial charge in [0.1, 0.15) is 0 Å². The third-order valence-corrected chi connectivity index (χ3v) is 3.98. The molecule has 3 N–H and O–H groups in total. The maximum Gasteiger partial charge on any atom is 0.271 e. The number of rotatable bonds is 8. The van der Waals surface area contributed by atoms with Gasteiger partial charge in [-0.05, 0) is 44.2 Å². The van der Waals surface area contributed by atoms with Crippen molar-refractivity contribution in [1.82, 2.24) is 16.2 Å². The molecule has 0 aliphatic carbocycles. The zero-order valence-electron chi connectivity index (χ0n) is 16.1. The molecule has 0 bridgehead atoms. The van der Waals surface area contributed by atoms with Gasteiger partial charge in [-0.2, -0.15) is 0 Å². The van der Waals surface area contributed by atoms with Crippen molar-refractivity contribution in [1.29, 1.82) is 0 Å². The molecule has 0 aliphatic rings. The van der Waals surface area contributed by atoms with Crippen molar-refractivity contribution >= 4 is 29.3 Å². The summed E-state index contributed by atoms with van der Waals surface area (Å²) in [4.78, 5) is 36.2. The second-order valence-corrected chi connectivity index (χ2v) is 6.10. The lowest BCUT2D eigenvalue weighted by Crippen LogP contribution is -2.46. The van der Waals surface area contributed by atoms with Crippen LogP contribution in [-0.4, -0.2) is 37.5 Å². The fraction of sp³-hybridized carbons (Fsp3) is 0.250. The van der Waals surface area contributed by atoms with Crippen molar-refractivity contribution in [3.63, 3.8) is 0 Å². The standard InChI is InChI=1S/C20H22ClN3O5/c1-3-28-16-10-9-13(11-17(16)29-4-2)19(26)22-12-18(25)23-24-20(27)14-7-5-6-8-15(14)21/h5-11H,3-4,12H2,1-2H3,(H,22,26)(H,23,25)(H,24,27). The van der Waals surface area contributed by atoms with Gasteiger partial charge in [-0.25, -0.2) is 0 Å². The highest BCUT2D eigenvalue weighted by atomic mass is 35.5. The molecule has 0 saturated heterocycles. The van der Waals surface area contributed by atoms with Crippen LogP contribution in [0.25, 0.3) is 0 Å². The van der Waals surface area contributed by atoms with Crippen LogP contribution in [0, 0.1) is 0 Å². The summed E-state index contributed by atoms with van der Waals surface area (Å²) in [6.45, 7) is 4.21. The van der Waals surface area contributed by atoms with Crippen LogP contribution in [0.1, 0.15) is 34.6 Å². The lowest BCUT2D eigenvalue weighted by atomic mass is 10.2. The molecule has 2 aromatic rings. The van der Waals surface area contributed by atoms with Crippen LogP contribution >= 0.6 is 11.6 Å². The van der Waals surface area contributed by atoms with E-state index >= 15 is 0 Å². The fourth-order valence-corrected chi connectivity index (χ4v) is 2.56. The first-order valence-electron chi connectivity index (χ1n) is 8.97. The van der Waals surface area contributed by atoms with E-state index in [4.69, 9.17) is 21.1 Å². The SMILES string of the molecule is CCOc1ccc(C(=O)NCC(=O)NNC(=O)c2ccccc2Cl)cc1OCC. The van der Waals surface area contributed by atoms with E-state index < -0.39 is 17.7 Å². The molecule has 0 heterocycles. The average Bonchev–Trinajstić information content (AvgIpc) is 2.72. The van der Waals surface area contributed by atoms with E-state index in [2.05, 4.69) is 16.2 Å². The number of carbonyl (C=O) groups excluding carboxylic acids is 3. The predicted molar refractivity (Wildman–Crippen MR) is 108 cm³/mol. The molecular formula is C20H22ClN3O5. The Kier molecular flexibility index (Phi) is 8.29. The van der Waals surface area contributed by atoms with Crippen molar-refractivity contribution in [2.24, 2.45) is 0 Å². The summed E-state index contributed by atoms with van der Waals surface area (Å²) in [5, 5.41) is 2.73. The molecule has 0 aromatic heterocycles. The lowest BCUT2D eigenvalue weighted by molar-refractivity contribution is -0.120. The van der Waals surface area contributed by atoms with Gasteiger partial charge in [0.15, 0.2) is 11.5 Å². The number of halogens is 1. The Labute approximate surface area is 173 Å². The zero-order valence-corrected chi connectivity index (χ0v) is 16.8. The van der Waals surface area contributed by atoms with Gasteiger partial charge in [0.2, 0.25) is 0 Å². The minimum absolute atomic E-state index is 0.219. The van der Waals surface area contributed by atoms with Gasteiger partial charge in [-0.1, -0.05) is 23.7 Å². The smallest absolute Gasteiger partial charge is 0.271 e. The number of amides is 3. The molecule has 0 unspecified atom stereocenters. The van der Waals surface area contributed by atoms with E-state index in [0.717, 1.165) is 0 Å². The van der Waals surface area contributed by atoms with Crippen molar-refractivity contribution in [3.8, 4) is 11.5 Å². The third kappa shape index (κ3) is 6.39. The second-order valence-electron chi connectivity index (χ2n) is 5.69. The summed E-state index contributed by atoms with van der Waals surface area (Å²) in [6.07, 6.45) is 0. The molecule has 2 aromatic carbocycles. The molecule has 9 heteroatoms. The number of hydrogen-bond acceptors (Lipinski definition) is 5. The van der Waals surface area contributed by atoms with Crippen LogP contribution in [-0.2, 0) is 4.79 Å². The van der Waals surface area contributed by atoms with Gasteiger partial charge < -0.3 is 14.8 Å². The first kappa shape index (κ1) is 22.0. The molecule has 154 valence electrons. The molecular weight excluding hydrogens is 398 g/mol. The van der Waals surface area contributed by atoms with Crippen LogP contribution in [0.4, 0.5) is 0 Å².